The topological polar surface area (TPSA) is 96.2 Å². The molecule has 1 aliphatic heterocycles. The molecule has 4 heterocycles. The fourth-order valence-corrected chi connectivity index (χ4v) is 7.06. The number of hydrogen-bond donors (Lipinski definition) is 1. The Morgan fingerprint density at radius 1 is 1.25 bits per heavy atom. The number of hydrogen-bond acceptors (Lipinski definition) is 7. The Labute approximate surface area is 228 Å². The smallest absolute Gasteiger partial charge is 0.314 e. The lowest BCUT2D eigenvalue weighted by Gasteiger charge is -2.35. The van der Waals surface area contributed by atoms with Gasteiger partial charge in [-0.2, -0.15) is 5.10 Å². The van der Waals surface area contributed by atoms with Crippen molar-refractivity contribution in [3.05, 3.63) is 47.4 Å². The molecule has 0 aliphatic carbocycles. The molecule has 2 amide bonds. The Hall–Kier alpha value is -2.21. The zero-order chi connectivity index (χ0) is 25.2. The van der Waals surface area contributed by atoms with E-state index in [1.54, 1.807) is 39.3 Å². The molecule has 0 radical (unpaired) electrons. The van der Waals surface area contributed by atoms with Crippen molar-refractivity contribution in [1.82, 2.24) is 29.3 Å². The molecule has 1 saturated heterocycles. The van der Waals surface area contributed by atoms with E-state index in [1.165, 1.54) is 0 Å². The monoisotopic (exact) mass is 635 g/mol. The predicted octanol–water partition coefficient (Wildman–Crippen LogP) is 4.63. The molecule has 0 spiro atoms. The number of benzene rings is 1. The number of thiazole rings is 1. The summed E-state index contributed by atoms with van der Waals surface area (Å²) in [5, 5.41) is 9.08. The number of rotatable bonds is 6. The van der Waals surface area contributed by atoms with Crippen LogP contribution in [0.1, 0.15) is 35.9 Å². The summed E-state index contributed by atoms with van der Waals surface area (Å²) in [6.45, 7) is 1.50. The van der Waals surface area contributed by atoms with Crippen LogP contribution in [-0.4, -0.2) is 68.3 Å². The third-order valence-corrected chi connectivity index (χ3v) is 9.34. The number of pyridine rings is 1. The van der Waals surface area contributed by atoms with Gasteiger partial charge in [-0.1, -0.05) is 6.07 Å². The van der Waals surface area contributed by atoms with E-state index in [1.807, 2.05) is 0 Å². The third kappa shape index (κ3) is 5.25. The van der Waals surface area contributed by atoms with Gasteiger partial charge >= 0.3 is 11.8 Å². The Morgan fingerprint density at radius 3 is 2.92 bits per heavy atom. The summed E-state index contributed by atoms with van der Waals surface area (Å²) in [7, 11) is 4.12. The molecule has 1 fully saturated rings. The zero-order valence-corrected chi connectivity index (χ0v) is 24.0. The second kappa shape index (κ2) is 11.0. The number of halogens is 1. The van der Waals surface area contributed by atoms with Crippen molar-refractivity contribution in [2.45, 2.75) is 31.7 Å². The largest absolute Gasteiger partial charge is 0.327 e. The van der Waals surface area contributed by atoms with Gasteiger partial charge in [-0.05, 0) is 73.1 Å². The molecule has 188 valence electrons. The Balaban J connectivity index is 1.37. The number of fused-ring (bicyclic) bond motifs is 2. The summed E-state index contributed by atoms with van der Waals surface area (Å²) >= 11 is 3.95. The maximum Gasteiger partial charge on any atom is 0.314 e. The first kappa shape index (κ1) is 25.4. The number of likely N-dealkylation sites (N-methyl/N-ethyl adjacent to an activating group) is 1. The molecule has 1 aromatic carbocycles. The summed E-state index contributed by atoms with van der Waals surface area (Å²) in [6, 6.07) is 6.11. The van der Waals surface area contributed by atoms with Gasteiger partial charge in [-0.25, -0.2) is 9.44 Å². The maximum atomic E-state index is 13.4. The molecule has 2 unspecified atom stereocenters. The van der Waals surface area contributed by atoms with Crippen molar-refractivity contribution in [2.75, 3.05) is 32.5 Å². The third-order valence-electron chi connectivity index (χ3n) is 6.37. The van der Waals surface area contributed by atoms with E-state index in [9.17, 15) is 9.59 Å². The Bertz CT molecular complexity index is 1420. The highest BCUT2D eigenvalue weighted by Gasteiger charge is 2.32. The number of amides is 2. The van der Waals surface area contributed by atoms with Crippen LogP contribution in [0.2, 0.25) is 0 Å². The first-order valence-electron chi connectivity index (χ1n) is 11.8. The van der Waals surface area contributed by atoms with Crippen molar-refractivity contribution in [3.63, 3.8) is 0 Å². The van der Waals surface area contributed by atoms with Gasteiger partial charge in [0.1, 0.15) is 0 Å². The number of anilines is 1. The number of likely N-dealkylation sites (tertiary alicyclic amines) is 1. The number of nitrogens with zero attached hydrogens (tertiary/aromatic N) is 6. The maximum absolute atomic E-state index is 13.4. The SMILES string of the molecule is CN(C)CCc1nc2cc(C3CCCCN3C(=O)C(=O)Nc3cncc4cnn(PI)c34)ccc2s1. The average molecular weight is 635 g/mol. The number of nitrogens with one attached hydrogen (secondary N) is 1. The van der Waals surface area contributed by atoms with Gasteiger partial charge in [-0.15, -0.1) is 11.3 Å². The molecule has 12 heteroatoms. The summed E-state index contributed by atoms with van der Waals surface area (Å²) < 4.78 is 2.95. The van der Waals surface area contributed by atoms with Crippen LogP contribution in [0.25, 0.3) is 21.1 Å². The highest BCUT2D eigenvalue weighted by molar-refractivity contribution is 14.2. The molecule has 4 aromatic rings. The van der Waals surface area contributed by atoms with Crippen LogP contribution < -0.4 is 5.32 Å². The second-order valence-corrected chi connectivity index (χ2v) is 12.3. The second-order valence-electron chi connectivity index (χ2n) is 9.12. The summed E-state index contributed by atoms with van der Waals surface area (Å²) in [6.07, 6.45) is 8.97. The molecule has 2 atom stereocenters. The average Bonchev–Trinajstić information content (AvgIpc) is 3.50. The van der Waals surface area contributed by atoms with Crippen molar-refractivity contribution in [3.8, 4) is 0 Å². The van der Waals surface area contributed by atoms with Crippen molar-refractivity contribution >= 4 is 78.4 Å². The van der Waals surface area contributed by atoms with E-state index in [0.717, 1.165) is 63.9 Å². The minimum absolute atomic E-state index is 0.149. The normalized spacial score (nSPS) is 16.6. The summed E-state index contributed by atoms with van der Waals surface area (Å²) in [4.78, 5) is 39.4. The predicted molar refractivity (Wildman–Crippen MR) is 154 cm³/mol. The molecule has 3 aromatic heterocycles. The molecule has 1 N–H and O–H groups in total. The van der Waals surface area contributed by atoms with Gasteiger partial charge < -0.3 is 15.1 Å². The lowest BCUT2D eigenvalue weighted by atomic mass is 9.95. The minimum atomic E-state index is -0.651. The van der Waals surface area contributed by atoms with E-state index in [0.29, 0.717) is 18.6 Å². The van der Waals surface area contributed by atoms with Crippen molar-refractivity contribution in [2.24, 2.45) is 0 Å². The first-order chi connectivity index (χ1) is 17.4. The molecule has 1 aliphatic rings. The van der Waals surface area contributed by atoms with E-state index in [2.05, 4.69) is 74.6 Å². The van der Waals surface area contributed by atoms with Gasteiger partial charge in [0.15, 0.2) is 0 Å². The lowest BCUT2D eigenvalue weighted by molar-refractivity contribution is -0.145. The fraction of sp³-hybridized carbons (Fsp3) is 0.375. The van der Waals surface area contributed by atoms with Gasteiger partial charge in [0, 0.05) is 31.1 Å². The fourth-order valence-electron chi connectivity index (χ4n) is 4.59. The quantitative estimate of drug-likeness (QED) is 0.189. The standard InChI is InChI=1S/C24H27IN7O2PS/c1-30(2)10-8-21-28-17-11-15(6-7-20(17)36-21)19-5-3-4-9-31(19)24(34)23(33)29-18-14-26-12-16-13-27-32(35-25)22(16)18/h6-7,11-14,19,35H,3-5,8-10H2,1-2H3,(H,29,33). The molecule has 5 rings (SSSR count). The molecule has 9 nitrogen and oxygen atoms in total. The Kier molecular flexibility index (Phi) is 7.80. The van der Waals surface area contributed by atoms with Crippen LogP contribution in [0.15, 0.2) is 36.8 Å². The Morgan fingerprint density at radius 2 is 2.11 bits per heavy atom. The molecular weight excluding hydrogens is 608 g/mol. The van der Waals surface area contributed by atoms with E-state index in [4.69, 9.17) is 4.98 Å². The van der Waals surface area contributed by atoms with Gasteiger partial charge in [0.2, 0.25) is 0 Å². The van der Waals surface area contributed by atoms with E-state index in [-0.39, 0.29) is 6.04 Å². The van der Waals surface area contributed by atoms with Crippen LogP contribution in [0.4, 0.5) is 5.69 Å². The van der Waals surface area contributed by atoms with Crippen LogP contribution in [-0.2, 0) is 16.0 Å². The van der Waals surface area contributed by atoms with E-state index < -0.39 is 11.8 Å². The molecule has 0 bridgehead atoms. The highest BCUT2D eigenvalue weighted by atomic mass is 127. The number of piperidine rings is 1. The van der Waals surface area contributed by atoms with Gasteiger partial charge in [-0.3, -0.25) is 14.6 Å². The zero-order valence-electron chi connectivity index (χ0n) is 20.1. The first-order valence-corrected chi connectivity index (χ1v) is 16.7. The van der Waals surface area contributed by atoms with Crippen molar-refractivity contribution in [1.29, 1.82) is 0 Å². The van der Waals surface area contributed by atoms with Gasteiger partial charge in [0.05, 0.1) is 51.2 Å². The van der Waals surface area contributed by atoms with Crippen molar-refractivity contribution < 1.29 is 9.59 Å². The molecule has 0 saturated carbocycles. The van der Waals surface area contributed by atoms with E-state index >= 15 is 0 Å². The number of carbonyl (C=O) groups is 2. The number of carbonyl (C=O) groups excluding carboxylic acids is 2. The molecular formula is C24H27IN7O2PS. The summed E-state index contributed by atoms with van der Waals surface area (Å²) in [5.74, 6) is -1.17. The van der Waals surface area contributed by atoms with Crippen LogP contribution >= 0.6 is 39.8 Å². The van der Waals surface area contributed by atoms with Crippen LogP contribution in [0, 0.1) is 0 Å². The minimum Gasteiger partial charge on any atom is -0.327 e. The summed E-state index contributed by atoms with van der Waals surface area (Å²) in [5.41, 5.74) is 3.25. The lowest BCUT2D eigenvalue weighted by Crippen LogP contribution is -2.44. The van der Waals surface area contributed by atoms with Gasteiger partial charge in [0.25, 0.3) is 0 Å². The molecule has 36 heavy (non-hydrogen) atoms. The highest BCUT2D eigenvalue weighted by Crippen LogP contribution is 2.35. The van der Waals surface area contributed by atoms with Crippen LogP contribution in [0.5, 0.6) is 0 Å². The van der Waals surface area contributed by atoms with Crippen LogP contribution in [0.3, 0.4) is 0 Å². The number of aromatic nitrogens is 4.